The van der Waals surface area contributed by atoms with Crippen molar-refractivity contribution < 1.29 is 59.0 Å². The normalized spacial score (nSPS) is 26.0. The lowest BCUT2D eigenvalue weighted by molar-refractivity contribution is -0.220. The summed E-state index contributed by atoms with van der Waals surface area (Å²) in [6.07, 6.45) is 9.17. The highest BCUT2D eigenvalue weighted by Crippen LogP contribution is 2.47. The molecule has 13 nitrogen and oxygen atoms in total. The summed E-state index contributed by atoms with van der Waals surface area (Å²) in [6.45, 7) is 3.64. The first kappa shape index (κ1) is 46.1. The molecule has 0 aromatic rings. The Morgan fingerprint density at radius 3 is 1.67 bits per heavy atom. The average Bonchev–Trinajstić information content (AvgIpc) is 3.06. The van der Waals surface area contributed by atoms with Crippen molar-refractivity contribution in [1.82, 2.24) is 5.32 Å². The van der Waals surface area contributed by atoms with Crippen molar-refractivity contribution in [3.05, 3.63) is 12.2 Å². The van der Waals surface area contributed by atoms with E-state index >= 15 is 0 Å². The fourth-order valence-corrected chi connectivity index (χ4v) is 6.91. The first-order valence-corrected chi connectivity index (χ1v) is 20.2. The van der Waals surface area contributed by atoms with Gasteiger partial charge in [-0.2, -0.15) is 0 Å². The van der Waals surface area contributed by atoms with Crippen LogP contribution >= 0.6 is 7.82 Å². The lowest BCUT2D eigenvalue weighted by Crippen LogP contribution is -2.64. The van der Waals surface area contributed by atoms with E-state index in [2.05, 4.69) is 19.2 Å². The third kappa shape index (κ3) is 20.0. The van der Waals surface area contributed by atoms with Crippen molar-refractivity contribution in [2.75, 3.05) is 6.61 Å². The maximum atomic E-state index is 12.8. The second kappa shape index (κ2) is 26.8. The number of rotatable bonds is 29. The standard InChI is InChI=1S/C35H68NO12P/c1-3-5-7-9-11-13-15-17-19-21-23-28(38)27(36-29(39)24-26(37)22-20-18-16-14-12-10-8-6-4-2)25-47-49(45,46)48-35-33(43)31(41)30(40)32(42)34(35)44/h21,23,26-28,30-35,37-38,40-44H,3-20,22,24-25H2,1-2H3,(H,36,39)(H,45,46)/b23-21+. The summed E-state index contributed by atoms with van der Waals surface area (Å²) in [5, 5.41) is 73.8. The van der Waals surface area contributed by atoms with E-state index in [1.54, 1.807) is 6.08 Å². The highest BCUT2D eigenvalue weighted by atomic mass is 31.2. The predicted octanol–water partition coefficient (Wildman–Crippen LogP) is 3.91. The van der Waals surface area contributed by atoms with Gasteiger partial charge in [0.25, 0.3) is 0 Å². The molecule has 14 heteroatoms. The molecule has 1 rings (SSSR count). The van der Waals surface area contributed by atoms with E-state index < -0.39 is 75.2 Å². The predicted molar refractivity (Wildman–Crippen MR) is 187 cm³/mol. The van der Waals surface area contributed by atoms with Crippen LogP contribution in [0.2, 0.25) is 0 Å². The van der Waals surface area contributed by atoms with Crippen molar-refractivity contribution in [3.63, 3.8) is 0 Å². The molecule has 1 fully saturated rings. The Kier molecular flexibility index (Phi) is 25.2. The van der Waals surface area contributed by atoms with E-state index in [9.17, 15) is 50.0 Å². The van der Waals surface area contributed by atoms with Gasteiger partial charge in [-0.05, 0) is 19.3 Å². The molecule has 290 valence electrons. The van der Waals surface area contributed by atoms with Crippen LogP contribution in [-0.4, -0.2) is 108 Å². The van der Waals surface area contributed by atoms with Crippen molar-refractivity contribution in [1.29, 1.82) is 0 Å². The summed E-state index contributed by atoms with van der Waals surface area (Å²) >= 11 is 0. The quantitative estimate of drug-likeness (QED) is 0.0304. The number of hydrogen-bond acceptors (Lipinski definition) is 11. The largest absolute Gasteiger partial charge is 0.472 e. The average molecular weight is 726 g/mol. The summed E-state index contributed by atoms with van der Waals surface area (Å²) in [4.78, 5) is 23.2. The molecule has 8 atom stereocenters. The number of aliphatic hydroxyl groups excluding tert-OH is 7. The Bertz CT molecular complexity index is 911. The van der Waals surface area contributed by atoms with Crippen molar-refractivity contribution >= 4 is 13.7 Å². The molecule has 0 bridgehead atoms. The number of phosphoric acid groups is 1. The number of hydrogen-bond donors (Lipinski definition) is 9. The topological polar surface area (TPSA) is 226 Å². The molecule has 9 N–H and O–H groups in total. The van der Waals surface area contributed by atoms with E-state index in [0.29, 0.717) is 12.8 Å². The molecule has 0 aromatic heterocycles. The van der Waals surface area contributed by atoms with Crippen LogP contribution in [0.15, 0.2) is 12.2 Å². The minimum absolute atomic E-state index is 0.242. The Morgan fingerprint density at radius 2 is 1.16 bits per heavy atom. The van der Waals surface area contributed by atoms with Crippen molar-refractivity contribution in [3.8, 4) is 0 Å². The van der Waals surface area contributed by atoms with Crippen molar-refractivity contribution in [2.45, 2.75) is 197 Å². The van der Waals surface area contributed by atoms with Gasteiger partial charge < -0.3 is 46.0 Å². The van der Waals surface area contributed by atoms with E-state index in [1.165, 1.54) is 70.3 Å². The molecule has 0 saturated heterocycles. The van der Waals surface area contributed by atoms with E-state index in [0.717, 1.165) is 44.9 Å². The number of carbonyl (C=O) groups is 1. The van der Waals surface area contributed by atoms with Crippen LogP contribution in [0.4, 0.5) is 0 Å². The Hall–Kier alpha value is -0.960. The highest BCUT2D eigenvalue weighted by Gasteiger charge is 2.51. The molecular formula is C35H68NO12P. The van der Waals surface area contributed by atoms with Gasteiger partial charge in [-0.15, -0.1) is 0 Å². The minimum atomic E-state index is -5.12. The molecule has 0 aromatic carbocycles. The number of unbranched alkanes of at least 4 members (excludes halogenated alkanes) is 16. The second-order valence-corrected chi connectivity index (χ2v) is 15.0. The van der Waals surface area contributed by atoms with Crippen LogP contribution in [0.3, 0.4) is 0 Å². The number of amides is 1. The highest BCUT2D eigenvalue weighted by molar-refractivity contribution is 7.47. The molecule has 1 amide bonds. The van der Waals surface area contributed by atoms with Gasteiger partial charge in [-0.25, -0.2) is 4.57 Å². The van der Waals surface area contributed by atoms with Gasteiger partial charge in [0.2, 0.25) is 5.91 Å². The zero-order valence-electron chi connectivity index (χ0n) is 29.9. The molecule has 49 heavy (non-hydrogen) atoms. The first-order chi connectivity index (χ1) is 23.3. The van der Waals surface area contributed by atoms with E-state index in [-0.39, 0.29) is 6.42 Å². The lowest BCUT2D eigenvalue weighted by atomic mass is 9.85. The number of carbonyl (C=O) groups excluding carboxylic acids is 1. The smallest absolute Gasteiger partial charge is 0.393 e. The van der Waals surface area contributed by atoms with Gasteiger partial charge in [0, 0.05) is 0 Å². The van der Waals surface area contributed by atoms with Gasteiger partial charge in [0.15, 0.2) is 0 Å². The molecule has 8 unspecified atom stereocenters. The minimum Gasteiger partial charge on any atom is -0.393 e. The molecule has 0 heterocycles. The van der Waals surface area contributed by atoms with Gasteiger partial charge in [0.05, 0.1) is 31.3 Å². The van der Waals surface area contributed by atoms with Gasteiger partial charge in [-0.3, -0.25) is 13.8 Å². The third-order valence-corrected chi connectivity index (χ3v) is 10.1. The summed E-state index contributed by atoms with van der Waals surface area (Å²) in [7, 11) is -5.12. The van der Waals surface area contributed by atoms with E-state index in [4.69, 9.17) is 9.05 Å². The van der Waals surface area contributed by atoms with Crippen LogP contribution in [0.25, 0.3) is 0 Å². The molecule has 1 saturated carbocycles. The van der Waals surface area contributed by atoms with Crippen molar-refractivity contribution in [2.24, 2.45) is 0 Å². The Labute approximate surface area is 293 Å². The monoisotopic (exact) mass is 725 g/mol. The number of phosphoric ester groups is 1. The zero-order valence-corrected chi connectivity index (χ0v) is 30.8. The summed E-state index contributed by atoms with van der Waals surface area (Å²) in [5.41, 5.74) is 0. The molecule has 0 spiro atoms. The van der Waals surface area contributed by atoms with E-state index in [1.807, 2.05) is 0 Å². The number of allylic oxidation sites excluding steroid dienone is 1. The molecule has 1 aliphatic carbocycles. The van der Waals surface area contributed by atoms with Crippen LogP contribution in [0.1, 0.15) is 142 Å². The fourth-order valence-electron chi connectivity index (χ4n) is 5.94. The first-order valence-electron chi connectivity index (χ1n) is 18.7. The van der Waals surface area contributed by atoms with Gasteiger partial charge in [-0.1, -0.05) is 129 Å². The molecule has 0 aliphatic heterocycles. The Balaban J connectivity index is 2.70. The summed E-state index contributed by atoms with van der Waals surface area (Å²) in [5.74, 6) is -0.598. The molecule has 0 radical (unpaired) electrons. The van der Waals surface area contributed by atoms with Gasteiger partial charge in [0.1, 0.15) is 36.6 Å². The number of nitrogens with one attached hydrogen (secondary N) is 1. The Morgan fingerprint density at radius 1 is 0.714 bits per heavy atom. The second-order valence-electron chi connectivity index (χ2n) is 13.6. The lowest BCUT2D eigenvalue weighted by Gasteiger charge is -2.41. The molecule has 1 aliphatic rings. The zero-order chi connectivity index (χ0) is 36.7. The van der Waals surface area contributed by atoms with Crippen LogP contribution in [0, 0.1) is 0 Å². The van der Waals surface area contributed by atoms with Crippen LogP contribution in [0.5, 0.6) is 0 Å². The van der Waals surface area contributed by atoms with Crippen LogP contribution in [-0.2, 0) is 18.4 Å². The summed E-state index contributed by atoms with van der Waals surface area (Å²) < 4.78 is 22.7. The van der Waals surface area contributed by atoms with Crippen LogP contribution < -0.4 is 5.32 Å². The number of aliphatic hydroxyl groups is 7. The SMILES string of the molecule is CCCCCCCCCC/C=C/C(O)C(COP(=O)(O)OC1C(O)C(O)C(O)C(O)C1O)NC(=O)CC(O)CCCCCCCCCCC. The maximum absolute atomic E-state index is 12.8. The summed E-state index contributed by atoms with van der Waals surface area (Å²) in [6, 6.07) is -1.23. The third-order valence-electron chi connectivity index (χ3n) is 9.12. The molecular weight excluding hydrogens is 657 g/mol. The van der Waals surface area contributed by atoms with Gasteiger partial charge >= 0.3 is 7.82 Å². The maximum Gasteiger partial charge on any atom is 0.472 e. The fraction of sp³-hybridized carbons (Fsp3) is 0.914.